The number of nitrogens with zero attached hydrogens (tertiary/aromatic N) is 2. The van der Waals surface area contributed by atoms with Gasteiger partial charge in [0.05, 0.1) is 5.71 Å². The summed E-state index contributed by atoms with van der Waals surface area (Å²) in [6.07, 6.45) is 7.51. The maximum atomic E-state index is 12.8. The quantitative estimate of drug-likeness (QED) is 0.693. The van der Waals surface area contributed by atoms with Crippen LogP contribution in [0.15, 0.2) is 40.3 Å². The Kier molecular flexibility index (Phi) is 4.08. The second kappa shape index (κ2) is 6.26. The monoisotopic (exact) mass is 384 g/mol. The summed E-state index contributed by atoms with van der Waals surface area (Å²) in [6, 6.07) is 10.6. The minimum absolute atomic E-state index is 0.0203. The van der Waals surface area contributed by atoms with Crippen molar-refractivity contribution in [2.75, 3.05) is 0 Å². The molecule has 3 aliphatic carbocycles. The molecule has 5 rings (SSSR count). The van der Waals surface area contributed by atoms with Crippen molar-refractivity contribution in [2.24, 2.45) is 16.4 Å². The highest BCUT2D eigenvalue weighted by atomic mass is 32.2. The molecule has 0 N–H and O–H groups in total. The first kappa shape index (κ1) is 17.6. The zero-order valence-electron chi connectivity index (χ0n) is 16.2. The van der Waals surface area contributed by atoms with Crippen molar-refractivity contribution >= 4 is 23.6 Å². The van der Waals surface area contributed by atoms with Gasteiger partial charge >= 0.3 is 6.09 Å². The van der Waals surface area contributed by atoms with Gasteiger partial charge in [-0.3, -0.25) is 0 Å². The summed E-state index contributed by atoms with van der Waals surface area (Å²) in [5.41, 5.74) is 1.01. The van der Waals surface area contributed by atoms with Crippen LogP contribution >= 0.6 is 11.8 Å². The van der Waals surface area contributed by atoms with Crippen molar-refractivity contribution in [1.82, 2.24) is 5.01 Å². The van der Waals surface area contributed by atoms with Gasteiger partial charge in [0.2, 0.25) is 0 Å². The van der Waals surface area contributed by atoms with Crippen LogP contribution in [0.1, 0.15) is 58.8 Å². The summed E-state index contributed by atoms with van der Waals surface area (Å²) in [4.78, 5) is 14.1. The number of amides is 1. The van der Waals surface area contributed by atoms with Gasteiger partial charge in [-0.25, -0.2) is 4.79 Å². The van der Waals surface area contributed by atoms with Crippen LogP contribution in [0, 0.1) is 11.3 Å². The maximum absolute atomic E-state index is 12.8. The molecule has 4 fully saturated rings. The Morgan fingerprint density at radius 1 is 1.19 bits per heavy atom. The number of thioether (sulfide) groups is 1. The maximum Gasteiger partial charge on any atom is 0.431 e. The van der Waals surface area contributed by atoms with Crippen molar-refractivity contribution in [2.45, 2.75) is 80.6 Å². The summed E-state index contributed by atoms with van der Waals surface area (Å²) >= 11 is 1.89. The number of hydrogen-bond donors (Lipinski definition) is 0. The molecule has 5 heteroatoms. The number of hydrogen-bond acceptors (Lipinski definition) is 4. The fourth-order valence-electron chi connectivity index (χ4n) is 5.99. The smallest absolute Gasteiger partial charge is 0.431 e. The average molecular weight is 385 g/mol. The van der Waals surface area contributed by atoms with Crippen molar-refractivity contribution in [1.29, 1.82) is 0 Å². The third kappa shape index (κ3) is 2.50. The predicted molar refractivity (Wildman–Crippen MR) is 108 cm³/mol. The van der Waals surface area contributed by atoms with Crippen LogP contribution in [0.3, 0.4) is 0 Å². The highest BCUT2D eigenvalue weighted by molar-refractivity contribution is 8.00. The van der Waals surface area contributed by atoms with Gasteiger partial charge in [-0.05, 0) is 62.0 Å². The Bertz CT molecular complexity index is 778. The summed E-state index contributed by atoms with van der Waals surface area (Å²) in [6.45, 7) is 4.63. The number of rotatable bonds is 3. The molecule has 0 unspecified atom stereocenters. The van der Waals surface area contributed by atoms with Crippen molar-refractivity contribution in [3.05, 3.63) is 30.3 Å². The van der Waals surface area contributed by atoms with Crippen LogP contribution in [0.2, 0.25) is 0 Å². The van der Waals surface area contributed by atoms with Gasteiger partial charge in [0.15, 0.2) is 0 Å². The second-order valence-electron chi connectivity index (χ2n) is 9.06. The lowest BCUT2D eigenvalue weighted by atomic mass is 9.75. The molecule has 1 spiro atoms. The van der Waals surface area contributed by atoms with Gasteiger partial charge < -0.3 is 4.74 Å². The summed E-state index contributed by atoms with van der Waals surface area (Å²) in [7, 11) is 0. The number of fused-ring (bicyclic) bond motifs is 1. The lowest BCUT2D eigenvalue weighted by Gasteiger charge is -2.40. The van der Waals surface area contributed by atoms with E-state index in [1.807, 2.05) is 11.8 Å². The number of ether oxygens (including phenoxy) is 1. The molecule has 0 radical (unpaired) electrons. The largest absolute Gasteiger partial charge is 0.442 e. The highest BCUT2D eigenvalue weighted by Gasteiger charge is 2.73. The van der Waals surface area contributed by atoms with Crippen molar-refractivity contribution in [3.63, 3.8) is 0 Å². The standard InChI is InChI=1S/C22H28N2O2S/c1-21(2)15-12-13-22(21)19(14-15)26-20(25)24(22)23-17-10-6-7-11-18(17)27-16-8-4-3-5-9-16/h3-5,8-9,15,18-19H,6-7,10-14H2,1-2H3/b23-17-/t15-,18+,19-,22-/m1/s1. The van der Waals surface area contributed by atoms with Crippen LogP contribution in [-0.4, -0.2) is 33.7 Å². The zero-order valence-corrected chi connectivity index (χ0v) is 17.0. The van der Waals surface area contributed by atoms with E-state index in [0.717, 1.165) is 32.1 Å². The van der Waals surface area contributed by atoms with E-state index in [0.29, 0.717) is 11.2 Å². The number of carbonyl (C=O) groups excluding carboxylic acids is 1. The molecular weight excluding hydrogens is 356 g/mol. The molecule has 1 aromatic rings. The van der Waals surface area contributed by atoms with E-state index in [9.17, 15) is 4.79 Å². The topological polar surface area (TPSA) is 41.9 Å². The van der Waals surface area contributed by atoms with E-state index in [2.05, 4.69) is 44.2 Å². The Balaban J connectivity index is 1.47. The molecular formula is C22H28N2O2S. The average Bonchev–Trinajstić information content (AvgIpc) is 3.18. The third-order valence-electron chi connectivity index (χ3n) is 7.61. The molecule has 4 nitrogen and oxygen atoms in total. The minimum atomic E-state index is -0.235. The molecule has 1 aromatic carbocycles. The van der Waals surface area contributed by atoms with Crippen LogP contribution < -0.4 is 0 Å². The zero-order chi connectivity index (χ0) is 18.6. The normalized spacial score (nSPS) is 38.3. The molecule has 1 saturated heterocycles. The molecule has 1 heterocycles. The number of hydrazone groups is 1. The first-order valence-electron chi connectivity index (χ1n) is 10.3. The Hall–Kier alpha value is -1.49. The van der Waals surface area contributed by atoms with Crippen LogP contribution in [0.5, 0.6) is 0 Å². The van der Waals surface area contributed by atoms with E-state index < -0.39 is 0 Å². The third-order valence-corrected chi connectivity index (χ3v) is 8.94. The lowest BCUT2D eigenvalue weighted by Crippen LogP contribution is -2.53. The Morgan fingerprint density at radius 3 is 2.78 bits per heavy atom. The SMILES string of the molecule is CC1(C)[C@@H]2CC[C@@]13[C@@H](C2)OC(=O)N3/N=C1/CCCC[C@@H]1Sc1ccccc1. The van der Waals surface area contributed by atoms with Gasteiger partial charge in [0.1, 0.15) is 11.6 Å². The second-order valence-corrected chi connectivity index (χ2v) is 10.3. The van der Waals surface area contributed by atoms with Crippen molar-refractivity contribution < 1.29 is 9.53 Å². The lowest BCUT2D eigenvalue weighted by molar-refractivity contribution is 0.0567. The molecule has 1 aliphatic heterocycles. The molecule has 4 aliphatic rings. The summed E-state index contributed by atoms with van der Waals surface area (Å²) in [5, 5.41) is 7.20. The van der Waals surface area contributed by atoms with Crippen LogP contribution in [0.25, 0.3) is 0 Å². The highest BCUT2D eigenvalue weighted by Crippen LogP contribution is 2.66. The van der Waals surface area contributed by atoms with E-state index in [1.54, 1.807) is 5.01 Å². The molecule has 1 amide bonds. The first-order valence-corrected chi connectivity index (χ1v) is 11.2. The molecule has 3 saturated carbocycles. The van der Waals surface area contributed by atoms with E-state index >= 15 is 0 Å². The molecule has 2 bridgehead atoms. The van der Waals surface area contributed by atoms with E-state index in [1.165, 1.54) is 23.4 Å². The van der Waals surface area contributed by atoms with Gasteiger partial charge in [0.25, 0.3) is 0 Å². The minimum Gasteiger partial charge on any atom is -0.442 e. The molecule has 27 heavy (non-hydrogen) atoms. The Labute approximate surface area is 165 Å². The summed E-state index contributed by atoms with van der Waals surface area (Å²) < 4.78 is 5.83. The number of carbonyl (C=O) groups is 1. The number of benzene rings is 1. The van der Waals surface area contributed by atoms with Crippen molar-refractivity contribution in [3.8, 4) is 0 Å². The van der Waals surface area contributed by atoms with Gasteiger partial charge in [-0.2, -0.15) is 10.1 Å². The van der Waals surface area contributed by atoms with Gasteiger partial charge in [-0.15, -0.1) is 11.8 Å². The molecule has 144 valence electrons. The van der Waals surface area contributed by atoms with Crippen LogP contribution in [-0.2, 0) is 4.74 Å². The predicted octanol–water partition coefficient (Wildman–Crippen LogP) is 5.48. The first-order chi connectivity index (χ1) is 13.0. The Morgan fingerprint density at radius 2 is 2.00 bits per heavy atom. The van der Waals surface area contributed by atoms with Gasteiger partial charge in [0, 0.05) is 10.1 Å². The van der Waals surface area contributed by atoms with E-state index in [4.69, 9.17) is 9.84 Å². The molecule has 0 aromatic heterocycles. The molecule has 4 atom stereocenters. The summed E-state index contributed by atoms with van der Waals surface area (Å²) in [5.74, 6) is 0.638. The van der Waals surface area contributed by atoms with Crippen LogP contribution in [0.4, 0.5) is 4.79 Å². The van der Waals surface area contributed by atoms with Gasteiger partial charge in [-0.1, -0.05) is 38.5 Å². The van der Waals surface area contributed by atoms with E-state index in [-0.39, 0.29) is 23.2 Å². The fraction of sp³-hybridized carbons (Fsp3) is 0.636. The fourth-order valence-corrected chi connectivity index (χ4v) is 7.22.